The van der Waals surface area contributed by atoms with Gasteiger partial charge in [0.1, 0.15) is 11.7 Å². The first-order chi connectivity index (χ1) is 14.7. The van der Waals surface area contributed by atoms with Gasteiger partial charge in [-0.05, 0) is 48.9 Å². The lowest BCUT2D eigenvalue weighted by Crippen LogP contribution is -2.43. The summed E-state index contributed by atoms with van der Waals surface area (Å²) in [7, 11) is 0. The average Bonchev–Trinajstić information content (AvgIpc) is 2.69. The molecule has 2 aromatic carbocycles. The molecule has 0 unspecified atom stereocenters. The normalized spacial score (nSPS) is 18.8. The summed E-state index contributed by atoms with van der Waals surface area (Å²) >= 11 is 0. The number of Topliss-reactive ketones (excluding diaryl/α,β-unsaturated/α-hetero) is 1. The van der Waals surface area contributed by atoms with Gasteiger partial charge in [0, 0.05) is 12.1 Å². The molecule has 5 heteroatoms. The molecule has 0 saturated heterocycles. The van der Waals surface area contributed by atoms with Crippen LogP contribution in [0.25, 0.3) is 0 Å². The first kappa shape index (κ1) is 22.5. The molecular formula is C26H30N2O3. The number of nitrogens with one attached hydrogen (secondary N) is 1. The molecule has 2 aromatic rings. The molecule has 1 amide bonds. The number of allylic oxidation sites excluding steroid dienone is 1. The molecule has 31 heavy (non-hydrogen) atoms. The minimum Gasteiger partial charge on any atom is -0.511 e. The van der Waals surface area contributed by atoms with E-state index >= 15 is 0 Å². The van der Waals surface area contributed by atoms with Crippen molar-refractivity contribution in [1.29, 1.82) is 0 Å². The number of benzene rings is 2. The van der Waals surface area contributed by atoms with Crippen molar-refractivity contribution in [2.24, 2.45) is 16.3 Å². The zero-order chi connectivity index (χ0) is 22.8. The van der Waals surface area contributed by atoms with E-state index in [0.29, 0.717) is 17.8 Å². The lowest BCUT2D eigenvalue weighted by molar-refractivity contribution is -0.126. The quantitative estimate of drug-likeness (QED) is 0.598. The van der Waals surface area contributed by atoms with Crippen molar-refractivity contribution in [3.63, 3.8) is 0 Å². The molecule has 0 heterocycles. The summed E-state index contributed by atoms with van der Waals surface area (Å²) in [4.78, 5) is 31.0. The van der Waals surface area contributed by atoms with Crippen LogP contribution in [-0.4, -0.2) is 22.5 Å². The molecule has 0 saturated carbocycles. The largest absolute Gasteiger partial charge is 0.511 e. The summed E-state index contributed by atoms with van der Waals surface area (Å²) in [5.74, 6) is -1.56. The fourth-order valence-electron chi connectivity index (χ4n) is 4.11. The van der Waals surface area contributed by atoms with Crippen molar-refractivity contribution < 1.29 is 14.7 Å². The Morgan fingerprint density at radius 1 is 1.10 bits per heavy atom. The van der Waals surface area contributed by atoms with Gasteiger partial charge in [-0.1, -0.05) is 57.2 Å². The number of nitrogens with zero attached hydrogens (tertiary/aromatic N) is 1. The van der Waals surface area contributed by atoms with Crippen LogP contribution in [0, 0.1) is 25.2 Å². The molecule has 1 aliphatic rings. The van der Waals surface area contributed by atoms with Gasteiger partial charge in [0.2, 0.25) is 5.91 Å². The zero-order valence-electron chi connectivity index (χ0n) is 18.8. The van der Waals surface area contributed by atoms with Gasteiger partial charge >= 0.3 is 0 Å². The highest BCUT2D eigenvalue weighted by Crippen LogP contribution is 2.43. The SMILES string of the molecule is CCC(=Nc1ccccc1C)C1=C(O)[C@@H](C(=O)Nc2ccccc2C)C(C)(C)CC1=O. The van der Waals surface area contributed by atoms with Crippen LogP contribution in [-0.2, 0) is 9.59 Å². The Labute approximate surface area is 183 Å². The highest BCUT2D eigenvalue weighted by atomic mass is 16.3. The highest BCUT2D eigenvalue weighted by molar-refractivity contribution is 6.24. The van der Waals surface area contributed by atoms with Gasteiger partial charge in [-0.25, -0.2) is 0 Å². The van der Waals surface area contributed by atoms with E-state index in [1.54, 1.807) is 0 Å². The van der Waals surface area contributed by atoms with E-state index in [2.05, 4.69) is 10.3 Å². The summed E-state index contributed by atoms with van der Waals surface area (Å²) in [5.41, 5.74) is 3.30. The number of rotatable bonds is 5. The second kappa shape index (κ2) is 8.88. The number of hydrogen-bond donors (Lipinski definition) is 2. The summed E-state index contributed by atoms with van der Waals surface area (Å²) in [6, 6.07) is 15.1. The highest BCUT2D eigenvalue weighted by Gasteiger charge is 2.47. The summed E-state index contributed by atoms with van der Waals surface area (Å²) < 4.78 is 0. The van der Waals surface area contributed by atoms with Gasteiger partial charge in [-0.3, -0.25) is 14.6 Å². The number of anilines is 1. The summed E-state index contributed by atoms with van der Waals surface area (Å²) in [5, 5.41) is 14.2. The van der Waals surface area contributed by atoms with Crippen molar-refractivity contribution in [3.05, 3.63) is 71.0 Å². The van der Waals surface area contributed by atoms with Crippen molar-refractivity contribution in [3.8, 4) is 0 Å². The summed E-state index contributed by atoms with van der Waals surface area (Å²) in [6.45, 7) is 9.43. The minimum atomic E-state index is -0.853. The Bertz CT molecular complexity index is 1080. The molecule has 0 aromatic heterocycles. The lowest BCUT2D eigenvalue weighted by atomic mass is 9.67. The zero-order valence-corrected chi connectivity index (χ0v) is 18.8. The topological polar surface area (TPSA) is 78.8 Å². The molecule has 5 nitrogen and oxygen atoms in total. The maximum absolute atomic E-state index is 13.3. The molecule has 3 rings (SSSR count). The number of aliphatic imine (C=N–C) groups is 1. The van der Waals surface area contributed by atoms with Gasteiger partial charge < -0.3 is 10.4 Å². The third-order valence-corrected chi connectivity index (χ3v) is 5.87. The summed E-state index contributed by atoms with van der Waals surface area (Å²) in [6.07, 6.45) is 0.622. The predicted molar refractivity (Wildman–Crippen MR) is 125 cm³/mol. The number of carbonyl (C=O) groups is 2. The molecule has 0 fully saturated rings. The van der Waals surface area contributed by atoms with Crippen molar-refractivity contribution in [2.45, 2.75) is 47.5 Å². The average molecular weight is 419 g/mol. The molecule has 0 aliphatic heterocycles. The number of para-hydroxylation sites is 2. The van der Waals surface area contributed by atoms with E-state index in [4.69, 9.17) is 0 Å². The number of aliphatic hydroxyl groups excluding tert-OH is 1. The molecular weight excluding hydrogens is 388 g/mol. The van der Waals surface area contributed by atoms with Gasteiger partial charge in [-0.2, -0.15) is 0 Å². The Morgan fingerprint density at radius 2 is 1.71 bits per heavy atom. The minimum absolute atomic E-state index is 0.158. The van der Waals surface area contributed by atoms with E-state index < -0.39 is 11.3 Å². The van der Waals surface area contributed by atoms with E-state index in [-0.39, 0.29) is 29.4 Å². The molecule has 0 bridgehead atoms. The number of hydrogen-bond acceptors (Lipinski definition) is 4. The maximum Gasteiger partial charge on any atom is 0.235 e. The van der Waals surface area contributed by atoms with Crippen molar-refractivity contribution in [2.75, 3.05) is 5.32 Å². The first-order valence-corrected chi connectivity index (χ1v) is 10.6. The number of carbonyl (C=O) groups excluding carboxylic acids is 2. The van der Waals surface area contributed by atoms with E-state index in [9.17, 15) is 14.7 Å². The van der Waals surface area contributed by atoms with Crippen LogP contribution in [0.1, 0.15) is 44.7 Å². The number of amides is 1. The van der Waals surface area contributed by atoms with Crippen molar-refractivity contribution in [1.82, 2.24) is 0 Å². The van der Waals surface area contributed by atoms with Crippen LogP contribution in [0.15, 0.2) is 64.9 Å². The number of aliphatic hydroxyl groups is 1. The van der Waals surface area contributed by atoms with Crippen LogP contribution in [0.4, 0.5) is 11.4 Å². The Morgan fingerprint density at radius 3 is 2.32 bits per heavy atom. The Kier molecular flexibility index (Phi) is 6.44. The number of aryl methyl sites for hydroxylation is 2. The second-order valence-electron chi connectivity index (χ2n) is 8.78. The third kappa shape index (κ3) is 4.61. The van der Waals surface area contributed by atoms with Gasteiger partial charge in [-0.15, -0.1) is 0 Å². The fraction of sp³-hybridized carbons (Fsp3) is 0.346. The second-order valence-corrected chi connectivity index (χ2v) is 8.78. The molecule has 1 atom stereocenters. The fourth-order valence-corrected chi connectivity index (χ4v) is 4.11. The van der Waals surface area contributed by atoms with Gasteiger partial charge in [0.05, 0.1) is 17.0 Å². The monoisotopic (exact) mass is 418 g/mol. The predicted octanol–water partition coefficient (Wildman–Crippen LogP) is 5.85. The van der Waals surface area contributed by atoms with E-state index in [1.807, 2.05) is 83.1 Å². The van der Waals surface area contributed by atoms with E-state index in [1.165, 1.54) is 0 Å². The standard InChI is InChI=1S/C26H30N2O3/c1-6-18(27-19-13-9-7-11-16(19)2)22-21(29)15-26(4,5)23(24(22)30)25(31)28-20-14-10-8-12-17(20)3/h7-14,23,30H,6,15H2,1-5H3,(H,28,31)/t23-/m0/s1. The van der Waals surface area contributed by atoms with Crippen LogP contribution >= 0.6 is 0 Å². The van der Waals surface area contributed by atoms with Crippen LogP contribution in [0.5, 0.6) is 0 Å². The Balaban J connectivity index is 2.06. The van der Waals surface area contributed by atoms with Crippen LogP contribution in [0.3, 0.4) is 0 Å². The smallest absolute Gasteiger partial charge is 0.235 e. The van der Waals surface area contributed by atoms with Crippen LogP contribution < -0.4 is 5.32 Å². The van der Waals surface area contributed by atoms with Gasteiger partial charge in [0.25, 0.3) is 0 Å². The maximum atomic E-state index is 13.3. The molecule has 1 aliphatic carbocycles. The molecule has 2 N–H and O–H groups in total. The van der Waals surface area contributed by atoms with E-state index in [0.717, 1.165) is 16.8 Å². The first-order valence-electron chi connectivity index (χ1n) is 10.6. The lowest BCUT2D eigenvalue weighted by Gasteiger charge is -2.37. The van der Waals surface area contributed by atoms with Crippen molar-refractivity contribution >= 4 is 28.8 Å². The van der Waals surface area contributed by atoms with Crippen LogP contribution in [0.2, 0.25) is 0 Å². The molecule has 0 spiro atoms. The number of ketones is 1. The Hall–Kier alpha value is -3.21. The molecule has 162 valence electrons. The third-order valence-electron chi connectivity index (χ3n) is 5.87. The molecule has 0 radical (unpaired) electrons. The van der Waals surface area contributed by atoms with Gasteiger partial charge in [0.15, 0.2) is 5.78 Å².